The minimum Gasteiger partial charge on any atom is -0.497 e. The van der Waals surface area contributed by atoms with Crippen LogP contribution >= 0.6 is 0 Å². The van der Waals surface area contributed by atoms with E-state index < -0.39 is 30.5 Å². The zero-order valence-corrected chi connectivity index (χ0v) is 65.6. The van der Waals surface area contributed by atoms with E-state index in [0.29, 0.717) is 72.1 Å². The van der Waals surface area contributed by atoms with Crippen LogP contribution < -0.4 is 28.4 Å². The molecule has 0 bridgehead atoms. The lowest BCUT2D eigenvalue weighted by Crippen LogP contribution is -2.42. The van der Waals surface area contributed by atoms with E-state index in [0.717, 1.165) is 130 Å². The Labute approximate surface area is 632 Å². The second-order valence-corrected chi connectivity index (χ2v) is 33.4. The normalized spacial score (nSPS) is 12.3. The fourth-order valence-corrected chi connectivity index (χ4v) is 14.4. The Hall–Kier alpha value is -8.32. The summed E-state index contributed by atoms with van der Waals surface area (Å²) in [5, 5.41) is 0.199. The van der Waals surface area contributed by atoms with Crippen molar-refractivity contribution in [3.8, 4) is 34.5 Å². The zero-order chi connectivity index (χ0) is 75.0. The summed E-state index contributed by atoms with van der Waals surface area (Å²) in [6, 6.07) is 79.8. The number of benzene rings is 9. The van der Waals surface area contributed by atoms with Gasteiger partial charge < -0.3 is 66.0 Å². The predicted molar refractivity (Wildman–Crippen MR) is 425 cm³/mol. The van der Waals surface area contributed by atoms with Gasteiger partial charge >= 0.3 is 0 Å². The van der Waals surface area contributed by atoms with E-state index in [1.807, 2.05) is 91.0 Å². The molecule has 0 heterocycles. The lowest BCUT2D eigenvalue weighted by molar-refractivity contribution is -0.113. The summed E-state index contributed by atoms with van der Waals surface area (Å²) in [6.45, 7) is 16.4. The van der Waals surface area contributed by atoms with Crippen LogP contribution in [0.1, 0.15) is 129 Å². The molecule has 0 aromatic heterocycles. The second-order valence-electron chi connectivity index (χ2n) is 28.6. The minimum atomic E-state index is -1.78. The smallest absolute Gasteiger partial charge is 0.191 e. The van der Waals surface area contributed by atoms with Gasteiger partial charge in [-0.1, -0.05) is 210 Å². The first kappa shape index (κ1) is 81.7. The van der Waals surface area contributed by atoms with Gasteiger partial charge in [0.2, 0.25) is 0 Å². The molecule has 0 radical (unpaired) electrons. The van der Waals surface area contributed by atoms with E-state index in [9.17, 15) is 0 Å². The van der Waals surface area contributed by atoms with Crippen LogP contribution in [0.2, 0.25) is 18.1 Å². The van der Waals surface area contributed by atoms with Crippen LogP contribution in [0.15, 0.2) is 237 Å². The summed E-state index contributed by atoms with van der Waals surface area (Å²) >= 11 is 0. The van der Waals surface area contributed by atoms with E-state index in [1.54, 1.807) is 42.7 Å². The van der Waals surface area contributed by atoms with Crippen LogP contribution in [-0.4, -0.2) is 130 Å². The standard InChI is InChI=1S/C91H114O14Si/c1-87(2,3)106(10,11)105-67-26-15-13-12-14-25-60-98-68-88(69-99-61-27-64-102-89(72-30-19-16-20-31-72,75-36-48-81(92-4)49-37-75)76-38-50-82(93-5)51-39-76,70-100-62-28-65-103-90(73-32-21-17-22-33-73,77-40-52-83(94-6)53-41-77)78-42-54-84(95-7)55-43-78)71-101-63-29-66-104-91(74-34-23-18-24-35-74,79-44-56-85(96-8)57-45-79)80-46-58-86(97-9)59-47-80/h16-24,30-59H,12-15,25-29,60-71H2,1-11H3. The summed E-state index contributed by atoms with van der Waals surface area (Å²) in [5.41, 5.74) is 4.99. The van der Waals surface area contributed by atoms with Crippen LogP contribution in [0, 0.1) is 5.41 Å². The van der Waals surface area contributed by atoms with Gasteiger partial charge in [0, 0.05) is 33.0 Å². The van der Waals surface area contributed by atoms with Gasteiger partial charge in [0.25, 0.3) is 0 Å². The molecule has 15 heteroatoms. The van der Waals surface area contributed by atoms with Gasteiger partial charge in [-0.3, -0.25) is 0 Å². The lowest BCUT2D eigenvalue weighted by atomic mass is 9.80. The molecule has 566 valence electrons. The molecule has 0 atom stereocenters. The van der Waals surface area contributed by atoms with Crippen molar-refractivity contribution in [3.63, 3.8) is 0 Å². The molecule has 0 aliphatic rings. The monoisotopic (exact) mass is 1460 g/mol. The van der Waals surface area contributed by atoms with Crippen molar-refractivity contribution in [2.24, 2.45) is 5.41 Å². The third-order valence-electron chi connectivity index (χ3n) is 20.4. The Kier molecular flexibility index (Phi) is 31.7. The van der Waals surface area contributed by atoms with E-state index in [4.69, 9.17) is 66.0 Å². The van der Waals surface area contributed by atoms with Gasteiger partial charge in [0.15, 0.2) is 8.32 Å². The number of rotatable bonds is 48. The Morgan fingerprint density at radius 3 is 0.670 bits per heavy atom. The van der Waals surface area contributed by atoms with E-state index >= 15 is 0 Å². The topological polar surface area (TPSA) is 129 Å². The highest BCUT2D eigenvalue weighted by molar-refractivity contribution is 6.74. The molecule has 0 aliphatic carbocycles. The molecule has 0 aliphatic heterocycles. The van der Waals surface area contributed by atoms with Gasteiger partial charge in [-0.15, -0.1) is 0 Å². The van der Waals surface area contributed by atoms with E-state index in [2.05, 4.69) is 179 Å². The molecule has 0 N–H and O–H groups in total. The van der Waals surface area contributed by atoms with Crippen LogP contribution in [0.25, 0.3) is 0 Å². The maximum absolute atomic E-state index is 7.31. The van der Waals surface area contributed by atoms with E-state index in [1.165, 1.54) is 0 Å². The predicted octanol–water partition coefficient (Wildman–Crippen LogP) is 19.6. The largest absolute Gasteiger partial charge is 0.497 e. The molecule has 9 rings (SSSR count). The van der Waals surface area contributed by atoms with Crippen molar-refractivity contribution in [3.05, 3.63) is 287 Å². The fraction of sp³-hybridized carbons (Fsp3) is 0.407. The summed E-state index contributed by atoms with van der Waals surface area (Å²) in [7, 11) is 8.30. The number of hydrogen-bond donors (Lipinski definition) is 0. The van der Waals surface area contributed by atoms with Crippen molar-refractivity contribution in [2.45, 2.75) is 113 Å². The molecule has 0 amide bonds. The molecule has 14 nitrogen and oxygen atoms in total. The average Bonchev–Trinajstić information content (AvgIpc) is 0.766. The second kappa shape index (κ2) is 41.1. The van der Waals surface area contributed by atoms with E-state index in [-0.39, 0.29) is 24.9 Å². The number of hydrogen-bond acceptors (Lipinski definition) is 14. The molecule has 0 saturated heterocycles. The SMILES string of the molecule is COc1ccc(C(OCCCOCC(COCCCCCCCCO[Si](C)(C)C(C)(C)C)(COCCCOC(c2ccccc2)(c2ccc(OC)cc2)c2ccc(OC)cc2)COCCCOC(c2ccccc2)(c2ccc(OC)cc2)c2ccc(OC)cc2)(c2ccccc2)c2ccc(OC)cc2)cc1. The molecule has 0 fully saturated rings. The maximum Gasteiger partial charge on any atom is 0.191 e. The summed E-state index contributed by atoms with van der Waals surface area (Å²) < 4.78 is 90.0. The molecule has 9 aromatic rings. The quantitative estimate of drug-likeness (QED) is 0.0204. The zero-order valence-electron chi connectivity index (χ0n) is 64.6. The Balaban J connectivity index is 0.968. The summed E-state index contributed by atoms with van der Waals surface area (Å²) in [4.78, 5) is 0. The lowest BCUT2D eigenvalue weighted by Gasteiger charge is -2.36. The van der Waals surface area contributed by atoms with Crippen molar-refractivity contribution in [2.75, 3.05) is 122 Å². The molecule has 106 heavy (non-hydrogen) atoms. The molecule has 0 saturated carbocycles. The molecule has 0 unspecified atom stereocenters. The summed E-state index contributed by atoms with van der Waals surface area (Å²) in [5.74, 6) is 4.52. The third kappa shape index (κ3) is 21.5. The average molecular weight is 1460 g/mol. The third-order valence-corrected chi connectivity index (χ3v) is 24.9. The van der Waals surface area contributed by atoms with Gasteiger partial charge in [-0.05, 0) is 173 Å². The first-order chi connectivity index (χ1) is 51.6. The molecule has 9 aromatic carbocycles. The van der Waals surface area contributed by atoms with Crippen LogP contribution in [0.5, 0.6) is 34.5 Å². The molecular formula is C91H114O14Si. The van der Waals surface area contributed by atoms with Crippen LogP contribution in [0.4, 0.5) is 0 Å². The van der Waals surface area contributed by atoms with Gasteiger partial charge in [0.1, 0.15) is 51.3 Å². The van der Waals surface area contributed by atoms with Crippen molar-refractivity contribution in [1.82, 2.24) is 0 Å². The van der Waals surface area contributed by atoms with Gasteiger partial charge in [-0.2, -0.15) is 0 Å². The Bertz CT molecular complexity index is 3380. The van der Waals surface area contributed by atoms with Crippen LogP contribution in [-0.2, 0) is 54.4 Å². The maximum atomic E-state index is 7.31. The van der Waals surface area contributed by atoms with Crippen LogP contribution in [0.3, 0.4) is 0 Å². The van der Waals surface area contributed by atoms with Crippen molar-refractivity contribution in [1.29, 1.82) is 0 Å². The Morgan fingerprint density at radius 1 is 0.236 bits per heavy atom. The van der Waals surface area contributed by atoms with Gasteiger partial charge in [0.05, 0.1) is 94.3 Å². The highest BCUT2D eigenvalue weighted by atomic mass is 28.4. The molecule has 0 spiro atoms. The Morgan fingerprint density at radius 2 is 0.443 bits per heavy atom. The molecular weight excluding hydrogens is 1350 g/mol. The first-order valence-electron chi connectivity index (χ1n) is 37.5. The van der Waals surface area contributed by atoms with Crippen molar-refractivity contribution >= 4 is 8.32 Å². The highest BCUT2D eigenvalue weighted by Crippen LogP contribution is 2.46. The fourth-order valence-electron chi connectivity index (χ4n) is 13.3. The minimum absolute atomic E-state index is 0.199. The number of ether oxygens (including phenoxy) is 13. The van der Waals surface area contributed by atoms with Gasteiger partial charge in [-0.25, -0.2) is 0 Å². The number of methoxy groups -OCH3 is 6. The first-order valence-corrected chi connectivity index (χ1v) is 40.4. The summed E-state index contributed by atoms with van der Waals surface area (Å²) in [6.07, 6.45) is 8.23. The highest BCUT2D eigenvalue weighted by Gasteiger charge is 2.42. The van der Waals surface area contributed by atoms with Crippen molar-refractivity contribution < 1.29 is 66.0 Å². The number of unbranched alkanes of at least 4 members (excludes halogenated alkanes) is 5.